The minimum Gasteiger partial charge on any atom is -0.462 e. The molecule has 0 aliphatic carbocycles. The van der Waals surface area contributed by atoms with Gasteiger partial charge in [0.15, 0.2) is 0 Å². The molecule has 0 bridgehead atoms. The van der Waals surface area contributed by atoms with Gasteiger partial charge < -0.3 is 4.74 Å². The van der Waals surface area contributed by atoms with Crippen molar-refractivity contribution < 1.29 is 9.53 Å². The summed E-state index contributed by atoms with van der Waals surface area (Å²) in [6.07, 6.45) is 0. The fourth-order valence-electron chi connectivity index (χ4n) is 0.595. The molecule has 8 heavy (non-hydrogen) atoms. The van der Waals surface area contributed by atoms with Crippen molar-refractivity contribution in [2.75, 3.05) is 6.61 Å². The molecule has 0 aromatic rings. The lowest BCUT2D eigenvalue weighted by Gasteiger charge is -1.90. The number of ether oxygens (including phenoxy) is 1. The van der Waals surface area contributed by atoms with Crippen molar-refractivity contribution >= 4 is 5.97 Å². The molecule has 0 unspecified atom stereocenters. The van der Waals surface area contributed by atoms with Crippen LogP contribution in [0.3, 0.4) is 0 Å². The molecule has 1 rings (SSSR count). The number of rotatable bonds is 0. The zero-order valence-corrected chi connectivity index (χ0v) is 4.81. The first-order valence-corrected chi connectivity index (χ1v) is 2.57. The van der Waals surface area contributed by atoms with Crippen LogP contribution in [-0.2, 0) is 9.53 Å². The van der Waals surface area contributed by atoms with Crippen molar-refractivity contribution in [2.45, 2.75) is 6.92 Å². The van der Waals surface area contributed by atoms with E-state index in [0.717, 1.165) is 0 Å². The molecule has 0 aromatic heterocycles. The molecular formula is C6H8O2. The van der Waals surface area contributed by atoms with Crippen LogP contribution < -0.4 is 0 Å². The maximum atomic E-state index is 10.5. The molecule has 0 radical (unpaired) electrons. The maximum Gasteiger partial charge on any atom is 0.333 e. The zero-order valence-electron chi connectivity index (χ0n) is 4.81. The van der Waals surface area contributed by atoms with Gasteiger partial charge in [0.05, 0.1) is 6.61 Å². The van der Waals surface area contributed by atoms with E-state index < -0.39 is 0 Å². The Balaban J connectivity index is 2.71. The molecule has 0 aromatic carbocycles. The van der Waals surface area contributed by atoms with Gasteiger partial charge in [-0.05, 0) is 0 Å². The third kappa shape index (κ3) is 0.619. The summed E-state index contributed by atoms with van der Waals surface area (Å²) >= 11 is 0. The van der Waals surface area contributed by atoms with Crippen LogP contribution in [0.15, 0.2) is 12.2 Å². The average Bonchev–Trinajstić information content (AvgIpc) is 1.98. The van der Waals surface area contributed by atoms with Crippen molar-refractivity contribution in [3.8, 4) is 0 Å². The Hall–Kier alpha value is -0.790. The van der Waals surface area contributed by atoms with Gasteiger partial charge in [0.2, 0.25) is 0 Å². The van der Waals surface area contributed by atoms with Crippen molar-refractivity contribution in [1.29, 1.82) is 0 Å². The summed E-state index contributed by atoms with van der Waals surface area (Å²) in [6, 6.07) is 0. The van der Waals surface area contributed by atoms with Crippen molar-refractivity contribution in [3.63, 3.8) is 0 Å². The number of carbonyl (C=O) groups is 1. The number of hydrogen-bond donors (Lipinski definition) is 0. The second-order valence-corrected chi connectivity index (χ2v) is 2.02. The van der Waals surface area contributed by atoms with Gasteiger partial charge in [-0.2, -0.15) is 0 Å². The number of cyclic esters (lactones) is 1. The summed E-state index contributed by atoms with van der Waals surface area (Å²) in [5.74, 6) is -0.0139. The van der Waals surface area contributed by atoms with Gasteiger partial charge in [-0.3, -0.25) is 0 Å². The topological polar surface area (TPSA) is 26.3 Å². The minimum atomic E-state index is -0.238. The maximum absolute atomic E-state index is 10.5. The molecule has 2 nitrogen and oxygen atoms in total. The predicted molar refractivity (Wildman–Crippen MR) is 29.3 cm³/mol. The van der Waals surface area contributed by atoms with Gasteiger partial charge in [-0.25, -0.2) is 4.79 Å². The third-order valence-corrected chi connectivity index (χ3v) is 1.32. The molecule has 0 amide bonds. The predicted octanol–water partition coefficient (Wildman–Crippen LogP) is 0.735. The van der Waals surface area contributed by atoms with E-state index >= 15 is 0 Å². The van der Waals surface area contributed by atoms with Gasteiger partial charge in [0.1, 0.15) is 0 Å². The molecule has 0 N–H and O–H groups in total. The summed E-state index contributed by atoms with van der Waals surface area (Å²) in [7, 11) is 0. The van der Waals surface area contributed by atoms with E-state index in [-0.39, 0.29) is 11.9 Å². The van der Waals surface area contributed by atoms with Crippen LogP contribution in [0.25, 0.3) is 0 Å². The van der Waals surface area contributed by atoms with Crippen molar-refractivity contribution in [2.24, 2.45) is 5.92 Å². The average molecular weight is 112 g/mol. The lowest BCUT2D eigenvalue weighted by Crippen LogP contribution is -1.95. The van der Waals surface area contributed by atoms with Crippen LogP contribution in [0.1, 0.15) is 6.92 Å². The molecule has 0 saturated carbocycles. The second-order valence-electron chi connectivity index (χ2n) is 2.02. The van der Waals surface area contributed by atoms with E-state index in [1.807, 2.05) is 6.92 Å². The van der Waals surface area contributed by atoms with Gasteiger partial charge in [0.25, 0.3) is 0 Å². The Morgan fingerprint density at radius 1 is 1.88 bits per heavy atom. The highest BCUT2D eigenvalue weighted by Crippen LogP contribution is 2.17. The van der Waals surface area contributed by atoms with Gasteiger partial charge in [-0.15, -0.1) is 0 Å². The molecular weight excluding hydrogens is 104 g/mol. The van der Waals surface area contributed by atoms with E-state index in [2.05, 4.69) is 11.3 Å². The minimum absolute atomic E-state index is 0.225. The molecule has 44 valence electrons. The summed E-state index contributed by atoms with van der Waals surface area (Å²) in [5.41, 5.74) is 0.602. The molecule has 1 aliphatic rings. The van der Waals surface area contributed by atoms with Crippen molar-refractivity contribution in [3.05, 3.63) is 12.2 Å². The summed E-state index contributed by atoms with van der Waals surface area (Å²) < 4.78 is 4.64. The first-order valence-electron chi connectivity index (χ1n) is 2.57. The second kappa shape index (κ2) is 1.62. The van der Waals surface area contributed by atoms with Crippen LogP contribution in [0.2, 0.25) is 0 Å². The Labute approximate surface area is 48.1 Å². The summed E-state index contributed by atoms with van der Waals surface area (Å²) in [4.78, 5) is 10.5. The van der Waals surface area contributed by atoms with E-state index in [9.17, 15) is 4.79 Å². The van der Waals surface area contributed by atoms with Crippen LogP contribution in [0.4, 0.5) is 0 Å². The fourth-order valence-corrected chi connectivity index (χ4v) is 0.595. The van der Waals surface area contributed by atoms with Gasteiger partial charge in [-0.1, -0.05) is 13.5 Å². The Morgan fingerprint density at radius 2 is 2.50 bits per heavy atom. The van der Waals surface area contributed by atoms with Gasteiger partial charge in [0, 0.05) is 11.5 Å². The van der Waals surface area contributed by atoms with Crippen LogP contribution in [-0.4, -0.2) is 12.6 Å². The van der Waals surface area contributed by atoms with Crippen LogP contribution in [0.5, 0.6) is 0 Å². The first kappa shape index (κ1) is 5.35. The molecule has 1 aliphatic heterocycles. The lowest BCUT2D eigenvalue weighted by atomic mass is 10.1. The highest BCUT2D eigenvalue weighted by molar-refractivity contribution is 5.90. The van der Waals surface area contributed by atoms with Crippen LogP contribution in [0, 0.1) is 5.92 Å². The largest absolute Gasteiger partial charge is 0.462 e. The molecule has 1 fully saturated rings. The Kier molecular flexibility index (Phi) is 1.08. The first-order chi connectivity index (χ1) is 3.72. The zero-order chi connectivity index (χ0) is 6.15. The molecule has 1 saturated heterocycles. The number of hydrogen-bond acceptors (Lipinski definition) is 2. The molecule has 1 atom stereocenters. The quantitative estimate of drug-likeness (QED) is 0.341. The summed E-state index contributed by atoms with van der Waals surface area (Å²) in [6.45, 7) is 5.98. The van der Waals surface area contributed by atoms with E-state index in [0.29, 0.717) is 12.2 Å². The fraction of sp³-hybridized carbons (Fsp3) is 0.500. The molecule has 0 spiro atoms. The molecule has 2 heteroatoms. The lowest BCUT2D eigenvalue weighted by molar-refractivity contribution is -0.135. The number of carbonyl (C=O) groups excluding carboxylic acids is 1. The van der Waals surface area contributed by atoms with Gasteiger partial charge >= 0.3 is 5.97 Å². The summed E-state index contributed by atoms with van der Waals surface area (Å²) in [5, 5.41) is 0. The highest BCUT2D eigenvalue weighted by atomic mass is 16.5. The monoisotopic (exact) mass is 112 g/mol. The highest BCUT2D eigenvalue weighted by Gasteiger charge is 2.23. The SMILES string of the molecule is C=C1C(=O)OC[C@@H]1C. The Morgan fingerprint density at radius 3 is 2.62 bits per heavy atom. The number of esters is 1. The van der Waals surface area contributed by atoms with Crippen LogP contribution >= 0.6 is 0 Å². The van der Waals surface area contributed by atoms with E-state index in [1.165, 1.54) is 0 Å². The Bertz CT molecular complexity index is 137. The molecule has 1 heterocycles. The van der Waals surface area contributed by atoms with E-state index in [4.69, 9.17) is 0 Å². The third-order valence-electron chi connectivity index (χ3n) is 1.32. The standard InChI is InChI=1S/C6H8O2/c1-4-3-8-6(7)5(4)2/h4H,2-3H2,1H3/t4-/m0/s1. The van der Waals surface area contributed by atoms with Crippen molar-refractivity contribution in [1.82, 2.24) is 0 Å². The normalized spacial score (nSPS) is 28.4. The van der Waals surface area contributed by atoms with E-state index in [1.54, 1.807) is 0 Å². The smallest absolute Gasteiger partial charge is 0.333 e.